The molecule has 1 aliphatic rings. The fourth-order valence-electron chi connectivity index (χ4n) is 2.98. The second-order valence-electron chi connectivity index (χ2n) is 5.47. The number of nitrogens with zero attached hydrogens (tertiary/aromatic N) is 2. The first kappa shape index (κ1) is 14.1. The predicted molar refractivity (Wildman–Crippen MR) is 79.3 cm³/mol. The lowest BCUT2D eigenvalue weighted by Crippen LogP contribution is -2.36. The summed E-state index contributed by atoms with van der Waals surface area (Å²) in [5.74, 6) is 2.27. The molecule has 1 saturated heterocycles. The van der Waals surface area contributed by atoms with Gasteiger partial charge in [0.15, 0.2) is 5.82 Å². The molecule has 1 fully saturated rings. The van der Waals surface area contributed by atoms with E-state index >= 15 is 0 Å². The van der Waals surface area contributed by atoms with Gasteiger partial charge < -0.3 is 14.6 Å². The molecule has 1 aromatic heterocycles. The summed E-state index contributed by atoms with van der Waals surface area (Å²) in [4.78, 5) is 4.61. The molecule has 0 radical (unpaired) electrons. The zero-order chi connectivity index (χ0) is 14.7. The summed E-state index contributed by atoms with van der Waals surface area (Å²) in [6.07, 6.45) is 3.79. The summed E-state index contributed by atoms with van der Waals surface area (Å²) in [6.45, 7) is 3.17. The molecule has 0 bridgehead atoms. The summed E-state index contributed by atoms with van der Waals surface area (Å²) in [6, 6.07) is 7.92. The predicted octanol–water partition coefficient (Wildman–Crippen LogP) is 2.66. The maximum absolute atomic E-state index is 5.52. The lowest BCUT2D eigenvalue weighted by atomic mass is 9.94. The van der Waals surface area contributed by atoms with Gasteiger partial charge >= 0.3 is 0 Å². The average molecular weight is 287 g/mol. The van der Waals surface area contributed by atoms with E-state index in [0.29, 0.717) is 18.1 Å². The van der Waals surface area contributed by atoms with Crippen molar-refractivity contribution in [1.29, 1.82) is 0 Å². The molecular weight excluding hydrogens is 266 g/mol. The van der Waals surface area contributed by atoms with Gasteiger partial charge in [-0.15, -0.1) is 0 Å². The van der Waals surface area contributed by atoms with Gasteiger partial charge in [0.2, 0.25) is 5.89 Å². The van der Waals surface area contributed by atoms with Gasteiger partial charge in [-0.2, -0.15) is 4.98 Å². The smallest absolute Gasteiger partial charge is 0.246 e. The van der Waals surface area contributed by atoms with Crippen molar-refractivity contribution in [3.05, 3.63) is 41.5 Å². The molecule has 1 atom stereocenters. The molecule has 5 heteroatoms. The molecule has 0 spiro atoms. The Morgan fingerprint density at radius 2 is 2.24 bits per heavy atom. The van der Waals surface area contributed by atoms with Crippen molar-refractivity contribution in [2.24, 2.45) is 0 Å². The van der Waals surface area contributed by atoms with Crippen molar-refractivity contribution in [3.8, 4) is 5.75 Å². The Hall–Kier alpha value is -1.88. The maximum atomic E-state index is 5.52. The highest BCUT2D eigenvalue weighted by molar-refractivity contribution is 5.35. The van der Waals surface area contributed by atoms with Crippen LogP contribution in [0.4, 0.5) is 0 Å². The summed E-state index contributed by atoms with van der Waals surface area (Å²) in [5.41, 5.74) is 0.934. The van der Waals surface area contributed by atoms with Gasteiger partial charge in [0.1, 0.15) is 5.75 Å². The number of hydrogen-bond donors (Lipinski definition) is 1. The van der Waals surface area contributed by atoms with E-state index in [1.807, 2.05) is 24.3 Å². The number of hydrogen-bond acceptors (Lipinski definition) is 5. The third-order valence-corrected chi connectivity index (χ3v) is 4.27. The standard InChI is InChI=1S/C16H21N3O2/c1-3-16(9-6-10-17-16)15-18-14(19-21-15)11-12-7-4-5-8-13(12)20-2/h4-5,7-8,17H,3,6,9-11H2,1-2H3. The van der Waals surface area contributed by atoms with Gasteiger partial charge in [0.05, 0.1) is 12.6 Å². The Kier molecular flexibility index (Phi) is 3.92. The highest BCUT2D eigenvalue weighted by Crippen LogP contribution is 2.33. The Morgan fingerprint density at radius 3 is 2.95 bits per heavy atom. The van der Waals surface area contributed by atoms with Crippen LogP contribution in [0.25, 0.3) is 0 Å². The molecule has 0 aliphatic carbocycles. The largest absolute Gasteiger partial charge is 0.496 e. The van der Waals surface area contributed by atoms with Gasteiger partial charge in [-0.05, 0) is 31.9 Å². The molecule has 0 saturated carbocycles. The van der Waals surface area contributed by atoms with Crippen LogP contribution in [-0.2, 0) is 12.0 Å². The van der Waals surface area contributed by atoms with Gasteiger partial charge in [-0.1, -0.05) is 30.3 Å². The van der Waals surface area contributed by atoms with Crippen LogP contribution < -0.4 is 10.1 Å². The van der Waals surface area contributed by atoms with E-state index in [0.717, 1.165) is 37.1 Å². The van der Waals surface area contributed by atoms with E-state index in [1.54, 1.807) is 7.11 Å². The third kappa shape index (κ3) is 2.65. The lowest BCUT2D eigenvalue weighted by molar-refractivity contribution is 0.249. The minimum absolute atomic E-state index is 0.133. The van der Waals surface area contributed by atoms with Gasteiger partial charge in [-0.3, -0.25) is 0 Å². The van der Waals surface area contributed by atoms with Crippen LogP contribution in [0.1, 0.15) is 43.5 Å². The van der Waals surface area contributed by atoms with Crippen LogP contribution in [-0.4, -0.2) is 23.8 Å². The minimum Gasteiger partial charge on any atom is -0.496 e. The average Bonchev–Trinajstić information content (AvgIpc) is 3.17. The molecule has 1 aliphatic heterocycles. The maximum Gasteiger partial charge on any atom is 0.246 e. The van der Waals surface area contributed by atoms with E-state index in [-0.39, 0.29) is 5.54 Å². The minimum atomic E-state index is -0.133. The highest BCUT2D eigenvalue weighted by atomic mass is 16.5. The molecule has 1 aromatic carbocycles. The topological polar surface area (TPSA) is 60.2 Å². The molecule has 1 unspecified atom stereocenters. The summed E-state index contributed by atoms with van der Waals surface area (Å²) < 4.78 is 10.9. The second-order valence-corrected chi connectivity index (χ2v) is 5.47. The molecule has 1 N–H and O–H groups in total. The first-order valence-electron chi connectivity index (χ1n) is 7.47. The quantitative estimate of drug-likeness (QED) is 0.916. The van der Waals surface area contributed by atoms with Crippen LogP contribution >= 0.6 is 0 Å². The zero-order valence-corrected chi connectivity index (χ0v) is 12.6. The molecule has 5 nitrogen and oxygen atoms in total. The zero-order valence-electron chi connectivity index (χ0n) is 12.6. The van der Waals surface area contributed by atoms with Crippen molar-refractivity contribution < 1.29 is 9.26 Å². The normalized spacial score (nSPS) is 21.6. The third-order valence-electron chi connectivity index (χ3n) is 4.27. The fourth-order valence-corrected chi connectivity index (χ4v) is 2.98. The fraction of sp³-hybridized carbons (Fsp3) is 0.500. The van der Waals surface area contributed by atoms with Gasteiger partial charge in [0.25, 0.3) is 0 Å². The van der Waals surface area contributed by atoms with Crippen molar-refractivity contribution in [2.45, 2.75) is 38.1 Å². The summed E-state index contributed by atoms with van der Waals surface area (Å²) >= 11 is 0. The van der Waals surface area contributed by atoms with Crippen LogP contribution in [0.15, 0.2) is 28.8 Å². The van der Waals surface area contributed by atoms with E-state index < -0.39 is 0 Å². The summed E-state index contributed by atoms with van der Waals surface area (Å²) in [7, 11) is 1.68. The van der Waals surface area contributed by atoms with E-state index in [9.17, 15) is 0 Å². The van der Waals surface area contributed by atoms with Crippen molar-refractivity contribution >= 4 is 0 Å². The number of methoxy groups -OCH3 is 1. The molecular formula is C16H21N3O2. The molecule has 112 valence electrons. The Balaban J connectivity index is 1.82. The SMILES string of the molecule is CCC1(c2nc(Cc3ccccc3OC)no2)CCCN1. The van der Waals surface area contributed by atoms with E-state index in [4.69, 9.17) is 9.26 Å². The van der Waals surface area contributed by atoms with Crippen molar-refractivity contribution in [2.75, 3.05) is 13.7 Å². The number of aromatic nitrogens is 2. The van der Waals surface area contributed by atoms with Gasteiger partial charge in [0, 0.05) is 12.0 Å². The number of nitrogens with one attached hydrogen (secondary N) is 1. The Bertz CT molecular complexity index is 603. The van der Waals surface area contributed by atoms with Crippen LogP contribution in [0.2, 0.25) is 0 Å². The lowest BCUT2D eigenvalue weighted by Gasteiger charge is -2.22. The second kappa shape index (κ2) is 5.85. The molecule has 3 rings (SSSR count). The van der Waals surface area contributed by atoms with E-state index in [2.05, 4.69) is 22.4 Å². The van der Waals surface area contributed by atoms with Crippen LogP contribution in [0.3, 0.4) is 0 Å². The monoisotopic (exact) mass is 287 g/mol. The Labute approximate surface area is 124 Å². The number of rotatable bonds is 5. The molecule has 0 amide bonds. The molecule has 2 heterocycles. The molecule has 2 aromatic rings. The molecule has 21 heavy (non-hydrogen) atoms. The first-order valence-corrected chi connectivity index (χ1v) is 7.47. The number of benzene rings is 1. The first-order chi connectivity index (χ1) is 10.3. The summed E-state index contributed by atoms with van der Waals surface area (Å²) in [5, 5.41) is 7.66. The van der Waals surface area contributed by atoms with Crippen LogP contribution in [0, 0.1) is 0 Å². The number of ether oxygens (including phenoxy) is 1. The van der Waals surface area contributed by atoms with Crippen molar-refractivity contribution in [3.63, 3.8) is 0 Å². The Morgan fingerprint density at radius 1 is 1.38 bits per heavy atom. The highest BCUT2D eigenvalue weighted by Gasteiger charge is 2.38. The number of para-hydroxylation sites is 1. The van der Waals surface area contributed by atoms with E-state index in [1.165, 1.54) is 0 Å². The van der Waals surface area contributed by atoms with Gasteiger partial charge in [-0.25, -0.2) is 0 Å². The van der Waals surface area contributed by atoms with Crippen LogP contribution in [0.5, 0.6) is 5.75 Å². The van der Waals surface area contributed by atoms with Crippen molar-refractivity contribution in [1.82, 2.24) is 15.5 Å².